The van der Waals surface area contributed by atoms with Crippen molar-refractivity contribution in [2.24, 2.45) is 0 Å². The van der Waals surface area contributed by atoms with Crippen LogP contribution < -0.4 is 0 Å². The van der Waals surface area contributed by atoms with Crippen molar-refractivity contribution in [3.8, 4) is 5.75 Å². The van der Waals surface area contributed by atoms with E-state index in [1.54, 1.807) is 24.0 Å². The Morgan fingerprint density at radius 3 is 2.53 bits per heavy atom. The van der Waals surface area contributed by atoms with Crippen LogP contribution in [0.5, 0.6) is 5.75 Å². The maximum Gasteiger partial charge on any atom is 0.254 e. The molecule has 0 radical (unpaired) electrons. The number of aryl methyl sites for hydroxylation is 1. The Labute approximate surface area is 101 Å². The largest absolute Gasteiger partial charge is 0.508 e. The first-order chi connectivity index (χ1) is 7.97. The van der Waals surface area contributed by atoms with Crippen LogP contribution in [0.3, 0.4) is 0 Å². The summed E-state index contributed by atoms with van der Waals surface area (Å²) in [5, 5.41) is 18.5. The Bertz CT molecular complexity index is 402. The first-order valence-corrected chi connectivity index (χ1v) is 5.68. The lowest BCUT2D eigenvalue weighted by atomic mass is 10.1. The van der Waals surface area contributed by atoms with Crippen LogP contribution in [0.25, 0.3) is 0 Å². The number of amides is 1. The molecule has 0 bridgehead atoms. The summed E-state index contributed by atoms with van der Waals surface area (Å²) in [5.41, 5.74) is 1.18. The predicted octanol–water partition coefficient (Wildman–Crippen LogP) is 1.54. The van der Waals surface area contributed by atoms with Gasteiger partial charge in [0.15, 0.2) is 0 Å². The molecular formula is C13H19NO3. The summed E-state index contributed by atoms with van der Waals surface area (Å²) in [6, 6.07) is 4.87. The van der Waals surface area contributed by atoms with Gasteiger partial charge in [-0.3, -0.25) is 4.79 Å². The molecule has 0 unspecified atom stereocenters. The Kier molecular flexibility index (Phi) is 4.52. The molecule has 0 aromatic heterocycles. The molecule has 4 heteroatoms. The van der Waals surface area contributed by atoms with Gasteiger partial charge in [-0.1, -0.05) is 6.07 Å². The topological polar surface area (TPSA) is 60.8 Å². The molecule has 1 amide bonds. The molecule has 1 aromatic rings. The molecule has 0 aliphatic carbocycles. The summed E-state index contributed by atoms with van der Waals surface area (Å²) in [6.45, 7) is 5.79. The minimum Gasteiger partial charge on any atom is -0.508 e. The number of benzene rings is 1. The van der Waals surface area contributed by atoms with Crippen molar-refractivity contribution in [1.82, 2.24) is 4.90 Å². The van der Waals surface area contributed by atoms with Crippen LogP contribution in [0.1, 0.15) is 29.8 Å². The van der Waals surface area contributed by atoms with Gasteiger partial charge in [-0.05, 0) is 38.5 Å². The predicted molar refractivity (Wildman–Crippen MR) is 66.1 cm³/mol. The first-order valence-electron chi connectivity index (χ1n) is 5.68. The third-order valence-electron chi connectivity index (χ3n) is 2.68. The lowest BCUT2D eigenvalue weighted by Crippen LogP contribution is -2.38. The van der Waals surface area contributed by atoms with E-state index in [9.17, 15) is 9.90 Å². The summed E-state index contributed by atoms with van der Waals surface area (Å²) in [5.74, 6) is -0.0621. The fourth-order valence-corrected chi connectivity index (χ4v) is 1.61. The van der Waals surface area contributed by atoms with Gasteiger partial charge in [0, 0.05) is 18.2 Å². The number of carbonyl (C=O) groups excluding carboxylic acids is 1. The monoisotopic (exact) mass is 237 g/mol. The van der Waals surface area contributed by atoms with Crippen molar-refractivity contribution in [2.75, 3.05) is 13.2 Å². The zero-order valence-electron chi connectivity index (χ0n) is 10.5. The van der Waals surface area contributed by atoms with Gasteiger partial charge in [0.05, 0.1) is 6.61 Å². The average molecular weight is 237 g/mol. The highest BCUT2D eigenvalue weighted by Gasteiger charge is 2.18. The summed E-state index contributed by atoms with van der Waals surface area (Å²) < 4.78 is 0. The number of aromatic hydroxyl groups is 1. The van der Waals surface area contributed by atoms with Gasteiger partial charge in [-0.2, -0.15) is 0 Å². The number of aliphatic hydroxyl groups is 1. The average Bonchev–Trinajstić information content (AvgIpc) is 2.28. The van der Waals surface area contributed by atoms with Gasteiger partial charge in [-0.25, -0.2) is 0 Å². The number of hydrogen-bond acceptors (Lipinski definition) is 3. The van der Waals surface area contributed by atoms with E-state index >= 15 is 0 Å². The minimum absolute atomic E-state index is 0.0121. The van der Waals surface area contributed by atoms with E-state index in [4.69, 9.17) is 5.11 Å². The fraction of sp³-hybridized carbons (Fsp3) is 0.462. The van der Waals surface area contributed by atoms with E-state index in [-0.39, 0.29) is 24.3 Å². The minimum atomic E-state index is -0.177. The van der Waals surface area contributed by atoms with Gasteiger partial charge in [-0.15, -0.1) is 0 Å². The van der Waals surface area contributed by atoms with Crippen molar-refractivity contribution in [3.63, 3.8) is 0 Å². The van der Waals surface area contributed by atoms with Gasteiger partial charge in [0.25, 0.3) is 5.91 Å². The second-order valence-electron chi connectivity index (χ2n) is 4.32. The molecule has 0 saturated heterocycles. The van der Waals surface area contributed by atoms with Crippen LogP contribution in [-0.4, -0.2) is 40.2 Å². The maximum atomic E-state index is 12.1. The Morgan fingerprint density at radius 1 is 1.41 bits per heavy atom. The molecular weight excluding hydrogens is 218 g/mol. The van der Waals surface area contributed by atoms with E-state index in [0.717, 1.165) is 5.56 Å². The van der Waals surface area contributed by atoms with Gasteiger partial charge in [0.2, 0.25) is 0 Å². The molecule has 0 aliphatic rings. The molecule has 1 aromatic carbocycles. The van der Waals surface area contributed by atoms with Gasteiger partial charge in [0.1, 0.15) is 5.75 Å². The third kappa shape index (κ3) is 3.20. The van der Waals surface area contributed by atoms with Crippen LogP contribution in [0.2, 0.25) is 0 Å². The highest BCUT2D eigenvalue weighted by Crippen LogP contribution is 2.19. The Hall–Kier alpha value is -1.55. The van der Waals surface area contributed by atoms with Crippen LogP contribution in [0.15, 0.2) is 18.2 Å². The van der Waals surface area contributed by atoms with E-state index < -0.39 is 0 Å². The Balaban J connectivity index is 2.97. The number of carbonyl (C=O) groups is 1. The summed E-state index contributed by atoms with van der Waals surface area (Å²) in [4.78, 5) is 13.7. The molecule has 94 valence electrons. The van der Waals surface area contributed by atoms with Crippen molar-refractivity contribution in [1.29, 1.82) is 0 Å². The summed E-state index contributed by atoms with van der Waals surface area (Å²) in [6.07, 6.45) is 0. The molecule has 0 fully saturated rings. The highest BCUT2D eigenvalue weighted by atomic mass is 16.3. The summed E-state index contributed by atoms with van der Waals surface area (Å²) in [7, 11) is 0. The van der Waals surface area contributed by atoms with Crippen molar-refractivity contribution < 1.29 is 15.0 Å². The molecule has 0 aliphatic heterocycles. The van der Waals surface area contributed by atoms with Gasteiger partial charge < -0.3 is 15.1 Å². The number of aliphatic hydroxyl groups excluding tert-OH is 1. The lowest BCUT2D eigenvalue weighted by Gasteiger charge is -2.26. The maximum absolute atomic E-state index is 12.1. The van der Waals surface area contributed by atoms with Crippen LogP contribution in [0, 0.1) is 6.92 Å². The lowest BCUT2D eigenvalue weighted by molar-refractivity contribution is 0.0665. The molecule has 17 heavy (non-hydrogen) atoms. The number of phenols is 1. The van der Waals surface area contributed by atoms with E-state index in [1.165, 1.54) is 6.07 Å². The molecule has 0 atom stereocenters. The number of hydrogen-bond donors (Lipinski definition) is 2. The highest BCUT2D eigenvalue weighted by molar-refractivity contribution is 5.94. The zero-order valence-corrected chi connectivity index (χ0v) is 10.5. The van der Waals surface area contributed by atoms with Crippen molar-refractivity contribution >= 4 is 5.91 Å². The van der Waals surface area contributed by atoms with E-state index in [0.29, 0.717) is 12.1 Å². The van der Waals surface area contributed by atoms with Crippen LogP contribution >= 0.6 is 0 Å². The van der Waals surface area contributed by atoms with E-state index in [1.807, 2.05) is 13.8 Å². The SMILES string of the molecule is Cc1ccc(C(=O)N(CCO)C(C)C)cc1O. The summed E-state index contributed by atoms with van der Waals surface area (Å²) >= 11 is 0. The molecule has 1 rings (SSSR count). The number of phenolic OH excluding ortho intramolecular Hbond substituents is 1. The van der Waals surface area contributed by atoms with Crippen LogP contribution in [0.4, 0.5) is 0 Å². The third-order valence-corrected chi connectivity index (χ3v) is 2.68. The molecule has 2 N–H and O–H groups in total. The second-order valence-corrected chi connectivity index (χ2v) is 4.32. The fourth-order valence-electron chi connectivity index (χ4n) is 1.61. The quantitative estimate of drug-likeness (QED) is 0.835. The van der Waals surface area contributed by atoms with Crippen molar-refractivity contribution in [2.45, 2.75) is 26.8 Å². The zero-order chi connectivity index (χ0) is 13.0. The molecule has 0 heterocycles. The number of rotatable bonds is 4. The molecule has 0 spiro atoms. The molecule has 0 saturated carbocycles. The number of nitrogens with zero attached hydrogens (tertiary/aromatic N) is 1. The second kappa shape index (κ2) is 5.68. The molecule has 4 nitrogen and oxygen atoms in total. The first kappa shape index (κ1) is 13.5. The van der Waals surface area contributed by atoms with E-state index in [2.05, 4.69) is 0 Å². The van der Waals surface area contributed by atoms with Gasteiger partial charge >= 0.3 is 0 Å². The Morgan fingerprint density at radius 2 is 2.06 bits per heavy atom. The standard InChI is InChI=1S/C13H19NO3/c1-9(2)14(6-7-15)13(17)11-5-4-10(3)12(16)8-11/h4-5,8-9,15-16H,6-7H2,1-3H3. The van der Waals surface area contributed by atoms with Crippen LogP contribution in [-0.2, 0) is 0 Å². The smallest absolute Gasteiger partial charge is 0.254 e. The normalized spacial score (nSPS) is 10.6. The van der Waals surface area contributed by atoms with Crippen molar-refractivity contribution in [3.05, 3.63) is 29.3 Å².